The SMILES string of the molecule is OC[C@@H]1O[C@H](Nc2cccc(N[C@@H]3O[C@H](CO)[C@H](O)[C@@H]3O)c2)[C@H](O)[C@@H]1O. The van der Waals surface area contributed by atoms with Crippen LogP contribution >= 0.6 is 0 Å². The van der Waals surface area contributed by atoms with E-state index < -0.39 is 62.3 Å². The quantitative estimate of drug-likeness (QED) is 0.265. The summed E-state index contributed by atoms with van der Waals surface area (Å²) in [7, 11) is 0. The molecule has 8 atom stereocenters. The van der Waals surface area contributed by atoms with Gasteiger partial charge in [-0.3, -0.25) is 0 Å². The molecule has 2 aliphatic rings. The van der Waals surface area contributed by atoms with Crippen LogP contribution in [0.15, 0.2) is 24.3 Å². The molecule has 2 heterocycles. The molecular formula is C16H24N2O8. The largest absolute Gasteiger partial charge is 0.394 e. The number of rotatable bonds is 6. The second-order valence-electron chi connectivity index (χ2n) is 6.39. The lowest BCUT2D eigenvalue weighted by atomic mass is 10.1. The molecule has 0 radical (unpaired) electrons. The first-order valence-electron chi connectivity index (χ1n) is 8.32. The van der Waals surface area contributed by atoms with Crippen molar-refractivity contribution in [2.75, 3.05) is 23.8 Å². The first kappa shape index (κ1) is 19.3. The highest BCUT2D eigenvalue weighted by Crippen LogP contribution is 2.26. The molecule has 0 bridgehead atoms. The third-order valence-corrected chi connectivity index (χ3v) is 4.57. The highest BCUT2D eigenvalue weighted by atomic mass is 16.6. The van der Waals surface area contributed by atoms with Gasteiger partial charge >= 0.3 is 0 Å². The van der Waals surface area contributed by atoms with Crippen LogP contribution < -0.4 is 10.6 Å². The standard InChI is InChI=1S/C16H24N2O8/c19-5-9-11(21)13(23)15(25-9)17-7-2-1-3-8(4-7)18-16-14(24)12(22)10(6-20)26-16/h1-4,9-24H,5-6H2/t9-,10+,11+,12-,13+,14-,15-,16+. The maximum Gasteiger partial charge on any atom is 0.157 e. The normalized spacial score (nSPS) is 39.9. The van der Waals surface area contributed by atoms with Crippen LogP contribution in [0.4, 0.5) is 11.4 Å². The minimum atomic E-state index is -1.20. The van der Waals surface area contributed by atoms with Crippen LogP contribution in [0.5, 0.6) is 0 Å². The Kier molecular flexibility index (Phi) is 5.95. The number of hydrogen-bond donors (Lipinski definition) is 8. The van der Waals surface area contributed by atoms with Crippen LogP contribution in [0.3, 0.4) is 0 Å². The van der Waals surface area contributed by atoms with Crippen LogP contribution in [0.25, 0.3) is 0 Å². The topological polar surface area (TPSA) is 164 Å². The van der Waals surface area contributed by atoms with Gasteiger partial charge in [0.05, 0.1) is 13.2 Å². The van der Waals surface area contributed by atoms with Crippen LogP contribution in [0.1, 0.15) is 0 Å². The number of nitrogens with one attached hydrogen (secondary N) is 2. The van der Waals surface area contributed by atoms with E-state index in [4.69, 9.17) is 19.7 Å². The van der Waals surface area contributed by atoms with Crippen LogP contribution in [-0.2, 0) is 9.47 Å². The molecule has 1 aromatic carbocycles. The number of hydrogen-bond acceptors (Lipinski definition) is 10. The summed E-state index contributed by atoms with van der Waals surface area (Å²) in [5.41, 5.74) is 1.10. The third kappa shape index (κ3) is 3.77. The van der Waals surface area contributed by atoms with Crippen LogP contribution in [0.2, 0.25) is 0 Å². The van der Waals surface area contributed by atoms with Gasteiger partial charge in [0.1, 0.15) is 36.6 Å². The van der Waals surface area contributed by atoms with Crippen molar-refractivity contribution >= 4 is 11.4 Å². The molecule has 1 aromatic rings. The fourth-order valence-corrected chi connectivity index (χ4v) is 3.06. The molecule has 10 heteroatoms. The van der Waals surface area contributed by atoms with Crippen molar-refractivity contribution in [3.05, 3.63) is 24.3 Å². The number of ether oxygens (including phenoxy) is 2. The molecule has 3 rings (SSSR count). The first-order valence-corrected chi connectivity index (χ1v) is 8.32. The summed E-state index contributed by atoms with van der Waals surface area (Å²) < 4.78 is 10.7. The van der Waals surface area contributed by atoms with Gasteiger partial charge in [-0.2, -0.15) is 0 Å². The van der Waals surface area contributed by atoms with Crippen LogP contribution in [-0.4, -0.2) is 92.9 Å². The van der Waals surface area contributed by atoms with E-state index in [9.17, 15) is 20.4 Å². The zero-order valence-corrected chi connectivity index (χ0v) is 13.8. The second-order valence-corrected chi connectivity index (χ2v) is 6.39. The molecule has 8 N–H and O–H groups in total. The number of aliphatic hydroxyl groups is 6. The lowest BCUT2D eigenvalue weighted by Crippen LogP contribution is -2.37. The van der Waals surface area contributed by atoms with Gasteiger partial charge in [-0.05, 0) is 18.2 Å². The van der Waals surface area contributed by atoms with Crippen molar-refractivity contribution in [1.29, 1.82) is 0 Å². The average Bonchev–Trinajstić information content (AvgIpc) is 3.06. The van der Waals surface area contributed by atoms with Gasteiger partial charge < -0.3 is 50.7 Å². The highest BCUT2D eigenvalue weighted by Gasteiger charge is 2.43. The van der Waals surface area contributed by atoms with Gasteiger partial charge in [0.15, 0.2) is 12.5 Å². The maximum absolute atomic E-state index is 9.97. The summed E-state index contributed by atoms with van der Waals surface area (Å²) in [6, 6.07) is 6.77. The van der Waals surface area contributed by atoms with Gasteiger partial charge in [-0.1, -0.05) is 6.07 Å². The van der Waals surface area contributed by atoms with E-state index in [1.54, 1.807) is 24.3 Å². The van der Waals surface area contributed by atoms with Gasteiger partial charge in [0, 0.05) is 11.4 Å². The summed E-state index contributed by atoms with van der Waals surface area (Å²) in [4.78, 5) is 0. The Labute approximate surface area is 149 Å². The Balaban J connectivity index is 1.64. The molecule has 2 fully saturated rings. The molecule has 146 valence electrons. The van der Waals surface area contributed by atoms with Gasteiger partial charge in [-0.25, -0.2) is 0 Å². The van der Waals surface area contributed by atoms with Gasteiger partial charge in [-0.15, -0.1) is 0 Å². The van der Waals surface area contributed by atoms with E-state index in [2.05, 4.69) is 10.6 Å². The van der Waals surface area contributed by atoms with E-state index in [1.807, 2.05) is 0 Å². The summed E-state index contributed by atoms with van der Waals surface area (Å²) in [6.07, 6.45) is -8.34. The Bertz CT molecular complexity index is 558. The molecule has 0 saturated carbocycles. The van der Waals surface area contributed by atoms with Crippen molar-refractivity contribution in [1.82, 2.24) is 0 Å². The fourth-order valence-electron chi connectivity index (χ4n) is 3.06. The lowest BCUT2D eigenvalue weighted by molar-refractivity contribution is -0.0154. The predicted octanol–water partition coefficient (Wildman–Crippen LogP) is -2.61. The third-order valence-electron chi connectivity index (χ3n) is 4.57. The molecule has 26 heavy (non-hydrogen) atoms. The van der Waals surface area contributed by atoms with E-state index in [1.165, 1.54) is 0 Å². The predicted molar refractivity (Wildman–Crippen MR) is 89.2 cm³/mol. The molecule has 2 aliphatic heterocycles. The van der Waals surface area contributed by atoms with Crippen LogP contribution in [0, 0.1) is 0 Å². The Morgan fingerprint density at radius 3 is 1.50 bits per heavy atom. The minimum Gasteiger partial charge on any atom is -0.394 e. The Hall–Kier alpha value is -1.50. The van der Waals surface area contributed by atoms with Crippen molar-refractivity contribution in [3.63, 3.8) is 0 Å². The molecule has 0 unspecified atom stereocenters. The number of benzene rings is 1. The summed E-state index contributed by atoms with van der Waals surface area (Å²) in [5, 5.41) is 63.6. The zero-order valence-electron chi connectivity index (χ0n) is 13.8. The summed E-state index contributed by atoms with van der Waals surface area (Å²) >= 11 is 0. The Morgan fingerprint density at radius 2 is 1.15 bits per heavy atom. The number of anilines is 2. The lowest BCUT2D eigenvalue weighted by Gasteiger charge is -2.20. The van der Waals surface area contributed by atoms with Gasteiger partial charge in [0.2, 0.25) is 0 Å². The molecule has 0 spiro atoms. The van der Waals surface area contributed by atoms with E-state index in [0.717, 1.165) is 0 Å². The number of aliphatic hydroxyl groups excluding tert-OH is 6. The minimum absolute atomic E-state index is 0.413. The van der Waals surface area contributed by atoms with E-state index in [0.29, 0.717) is 11.4 Å². The maximum atomic E-state index is 9.97. The van der Waals surface area contributed by atoms with Crippen molar-refractivity contribution in [2.24, 2.45) is 0 Å². The molecule has 0 aliphatic carbocycles. The smallest absolute Gasteiger partial charge is 0.157 e. The molecule has 0 amide bonds. The second kappa shape index (κ2) is 8.03. The first-order chi connectivity index (χ1) is 12.4. The molecular weight excluding hydrogens is 348 g/mol. The highest BCUT2D eigenvalue weighted by molar-refractivity contribution is 5.57. The van der Waals surface area contributed by atoms with E-state index in [-0.39, 0.29) is 0 Å². The van der Waals surface area contributed by atoms with Crippen molar-refractivity contribution in [3.8, 4) is 0 Å². The average molecular weight is 372 g/mol. The zero-order chi connectivity index (χ0) is 18.8. The molecule has 2 saturated heterocycles. The fraction of sp³-hybridized carbons (Fsp3) is 0.625. The summed E-state index contributed by atoms with van der Waals surface area (Å²) in [6.45, 7) is -0.827. The van der Waals surface area contributed by atoms with Crippen molar-refractivity contribution in [2.45, 2.75) is 49.1 Å². The monoisotopic (exact) mass is 372 g/mol. The van der Waals surface area contributed by atoms with E-state index >= 15 is 0 Å². The molecule has 10 nitrogen and oxygen atoms in total. The van der Waals surface area contributed by atoms with Gasteiger partial charge in [0.25, 0.3) is 0 Å². The van der Waals surface area contributed by atoms with Crippen molar-refractivity contribution < 1.29 is 40.1 Å². The Morgan fingerprint density at radius 1 is 0.731 bits per heavy atom. The summed E-state index contributed by atoms with van der Waals surface area (Å²) in [5.74, 6) is 0. The molecule has 0 aromatic heterocycles.